The van der Waals surface area contributed by atoms with Crippen LogP contribution in [0.5, 0.6) is 0 Å². The molecule has 0 aliphatic carbocycles. The summed E-state index contributed by atoms with van der Waals surface area (Å²) < 4.78 is 12.8. The van der Waals surface area contributed by atoms with Crippen LogP contribution in [0.1, 0.15) is 58.8 Å². The molecule has 1 saturated heterocycles. The van der Waals surface area contributed by atoms with E-state index in [-0.39, 0.29) is 23.8 Å². The smallest absolute Gasteiger partial charge is 0.326 e. The molecule has 9 heteroatoms. The van der Waals surface area contributed by atoms with Gasteiger partial charge in [-0.25, -0.2) is 9.97 Å². The zero-order valence-corrected chi connectivity index (χ0v) is 20.8. The Balaban J connectivity index is 1.59. The van der Waals surface area contributed by atoms with Gasteiger partial charge in [0.05, 0.1) is 18.4 Å². The predicted octanol–water partition coefficient (Wildman–Crippen LogP) is 4.40. The van der Waals surface area contributed by atoms with Gasteiger partial charge in [0.2, 0.25) is 11.8 Å². The molecule has 0 saturated carbocycles. The van der Waals surface area contributed by atoms with Crippen molar-refractivity contribution in [3.63, 3.8) is 0 Å². The Morgan fingerprint density at radius 3 is 2.51 bits per heavy atom. The van der Waals surface area contributed by atoms with Crippen molar-refractivity contribution in [3.8, 4) is 11.5 Å². The number of rotatable bonds is 7. The third-order valence-electron chi connectivity index (χ3n) is 5.72. The number of esters is 1. The van der Waals surface area contributed by atoms with E-state index < -0.39 is 11.6 Å². The van der Waals surface area contributed by atoms with Gasteiger partial charge in [-0.3, -0.25) is 14.2 Å². The van der Waals surface area contributed by atoms with Gasteiger partial charge >= 0.3 is 5.97 Å². The van der Waals surface area contributed by atoms with E-state index in [1.54, 1.807) is 27.0 Å². The van der Waals surface area contributed by atoms with Gasteiger partial charge in [0.1, 0.15) is 23.6 Å². The highest BCUT2D eigenvalue weighted by Gasteiger charge is 2.24. The van der Waals surface area contributed by atoms with Crippen LogP contribution in [0.15, 0.2) is 51.9 Å². The van der Waals surface area contributed by atoms with Crippen LogP contribution in [0.25, 0.3) is 11.5 Å². The predicted molar refractivity (Wildman–Crippen MR) is 134 cm³/mol. The van der Waals surface area contributed by atoms with Crippen LogP contribution < -0.4 is 15.8 Å². The van der Waals surface area contributed by atoms with E-state index >= 15 is 0 Å². The number of ether oxygens (including phenoxy) is 1. The number of nitrogens with one attached hydrogen (secondary N) is 1. The molecule has 186 valence electrons. The number of hydrogen-bond acceptors (Lipinski definition) is 8. The minimum Gasteiger partial charge on any atom is -0.459 e. The molecule has 3 heterocycles. The Morgan fingerprint density at radius 1 is 1.11 bits per heavy atom. The molecule has 1 fully saturated rings. The SMILES string of the molecule is C[C@@H](Nc1cnc(N2CCCCC2)n(CC(=O)OC(C)(C)C)c1=O)c1cnc(-c2ccccc2)o1. The molecule has 1 atom stereocenters. The first-order valence-corrected chi connectivity index (χ1v) is 12.1. The number of piperidine rings is 1. The minimum atomic E-state index is -0.646. The molecule has 0 spiro atoms. The van der Waals surface area contributed by atoms with Gasteiger partial charge in [-0.2, -0.15) is 0 Å². The van der Waals surface area contributed by atoms with Crippen LogP contribution in [0.4, 0.5) is 11.6 Å². The number of benzene rings is 1. The van der Waals surface area contributed by atoms with Crippen molar-refractivity contribution in [1.82, 2.24) is 14.5 Å². The normalized spacial score (nSPS) is 15.0. The Hall–Kier alpha value is -3.62. The standard InChI is InChI=1S/C26H33N5O4/c1-18(21-16-27-23(34-21)19-11-7-5-8-12-19)29-20-15-28-25(30-13-9-6-10-14-30)31(24(20)33)17-22(32)35-26(2,3)4/h5,7-8,11-12,15-16,18,29H,6,9-10,13-14,17H2,1-4H3/t18-/m1/s1. The quantitative estimate of drug-likeness (QED) is 0.498. The molecule has 1 N–H and O–H groups in total. The number of nitrogens with zero attached hydrogens (tertiary/aromatic N) is 4. The lowest BCUT2D eigenvalue weighted by molar-refractivity contribution is -0.155. The monoisotopic (exact) mass is 479 g/mol. The third-order valence-corrected chi connectivity index (χ3v) is 5.72. The van der Waals surface area contributed by atoms with E-state index in [4.69, 9.17) is 9.15 Å². The number of aromatic nitrogens is 3. The Kier molecular flexibility index (Phi) is 7.23. The molecule has 1 aromatic carbocycles. The summed E-state index contributed by atoms with van der Waals surface area (Å²) in [6.07, 6.45) is 6.37. The number of anilines is 2. The summed E-state index contributed by atoms with van der Waals surface area (Å²) >= 11 is 0. The van der Waals surface area contributed by atoms with Crippen molar-refractivity contribution in [2.45, 2.75) is 65.1 Å². The molecular formula is C26H33N5O4. The molecule has 35 heavy (non-hydrogen) atoms. The molecule has 0 unspecified atom stereocenters. The van der Waals surface area contributed by atoms with E-state index in [0.29, 0.717) is 17.6 Å². The molecule has 4 rings (SSSR count). The molecule has 1 aliphatic heterocycles. The van der Waals surface area contributed by atoms with Gasteiger partial charge < -0.3 is 19.4 Å². The topological polar surface area (TPSA) is 102 Å². The van der Waals surface area contributed by atoms with Crippen LogP contribution >= 0.6 is 0 Å². The third kappa shape index (κ3) is 6.09. The fourth-order valence-electron chi connectivity index (χ4n) is 4.08. The van der Waals surface area contributed by atoms with Gasteiger partial charge in [-0.05, 0) is 59.1 Å². The second kappa shape index (κ2) is 10.3. The van der Waals surface area contributed by atoms with Crippen molar-refractivity contribution in [2.75, 3.05) is 23.3 Å². The van der Waals surface area contributed by atoms with E-state index in [1.807, 2.05) is 37.3 Å². The molecule has 9 nitrogen and oxygen atoms in total. The second-order valence-corrected chi connectivity index (χ2v) is 9.80. The zero-order chi connectivity index (χ0) is 25.0. The summed E-state index contributed by atoms with van der Waals surface area (Å²) in [5.41, 5.74) is 0.172. The fraction of sp³-hybridized carbons (Fsp3) is 0.462. The molecule has 1 aliphatic rings. The van der Waals surface area contributed by atoms with Crippen LogP contribution in [-0.4, -0.2) is 39.2 Å². The first-order valence-electron chi connectivity index (χ1n) is 12.1. The van der Waals surface area contributed by atoms with Crippen molar-refractivity contribution in [3.05, 3.63) is 58.8 Å². The molecular weight excluding hydrogens is 446 g/mol. The van der Waals surface area contributed by atoms with Gasteiger partial charge in [0.25, 0.3) is 5.56 Å². The first kappa shape index (κ1) is 24.5. The van der Waals surface area contributed by atoms with Crippen LogP contribution in [0.3, 0.4) is 0 Å². The maximum absolute atomic E-state index is 13.5. The lowest BCUT2D eigenvalue weighted by Gasteiger charge is -2.30. The average molecular weight is 480 g/mol. The number of carbonyl (C=O) groups is 1. The van der Waals surface area contributed by atoms with Crippen LogP contribution in [0.2, 0.25) is 0 Å². The number of oxazole rings is 1. The Labute approximate surface area is 205 Å². The van der Waals surface area contributed by atoms with Crippen molar-refractivity contribution < 1.29 is 13.9 Å². The summed E-state index contributed by atoms with van der Waals surface area (Å²) in [6, 6.07) is 9.27. The summed E-state index contributed by atoms with van der Waals surface area (Å²) in [5, 5.41) is 3.18. The highest BCUT2D eigenvalue weighted by atomic mass is 16.6. The van der Waals surface area contributed by atoms with Crippen LogP contribution in [-0.2, 0) is 16.1 Å². The number of carbonyl (C=O) groups excluding carboxylic acids is 1. The Bertz CT molecular complexity index is 1210. The fourth-order valence-corrected chi connectivity index (χ4v) is 4.08. The molecule has 2 aromatic heterocycles. The maximum Gasteiger partial charge on any atom is 0.326 e. The average Bonchev–Trinajstić information content (AvgIpc) is 3.32. The van der Waals surface area contributed by atoms with Gasteiger partial charge in [-0.15, -0.1) is 0 Å². The second-order valence-electron chi connectivity index (χ2n) is 9.80. The van der Waals surface area contributed by atoms with Crippen molar-refractivity contribution >= 4 is 17.6 Å². The van der Waals surface area contributed by atoms with E-state index in [1.165, 1.54) is 10.8 Å². The first-order chi connectivity index (χ1) is 16.7. The van der Waals surface area contributed by atoms with E-state index in [0.717, 1.165) is 37.9 Å². The zero-order valence-electron chi connectivity index (χ0n) is 20.8. The van der Waals surface area contributed by atoms with Gasteiger partial charge in [-0.1, -0.05) is 18.2 Å². The highest BCUT2D eigenvalue weighted by Crippen LogP contribution is 2.25. The largest absolute Gasteiger partial charge is 0.459 e. The number of hydrogen-bond donors (Lipinski definition) is 1. The molecule has 0 amide bonds. The lowest BCUT2D eigenvalue weighted by Crippen LogP contribution is -2.39. The minimum absolute atomic E-state index is 0.209. The van der Waals surface area contributed by atoms with Crippen molar-refractivity contribution in [1.29, 1.82) is 0 Å². The summed E-state index contributed by atoms with van der Waals surface area (Å²) in [7, 11) is 0. The molecule has 0 bridgehead atoms. The van der Waals surface area contributed by atoms with Crippen molar-refractivity contribution in [2.24, 2.45) is 0 Å². The summed E-state index contributed by atoms with van der Waals surface area (Å²) in [6.45, 7) is 8.67. The van der Waals surface area contributed by atoms with Gasteiger partial charge in [0, 0.05) is 18.7 Å². The van der Waals surface area contributed by atoms with E-state index in [9.17, 15) is 9.59 Å². The summed E-state index contributed by atoms with van der Waals surface area (Å²) in [4.78, 5) is 37.2. The highest BCUT2D eigenvalue weighted by molar-refractivity contribution is 5.70. The summed E-state index contributed by atoms with van der Waals surface area (Å²) in [5.74, 6) is 1.11. The van der Waals surface area contributed by atoms with Crippen LogP contribution in [0, 0.1) is 0 Å². The lowest BCUT2D eigenvalue weighted by atomic mass is 10.1. The maximum atomic E-state index is 13.5. The van der Waals surface area contributed by atoms with E-state index in [2.05, 4.69) is 20.2 Å². The van der Waals surface area contributed by atoms with Gasteiger partial charge in [0.15, 0.2) is 0 Å². The molecule has 0 radical (unpaired) electrons. The molecule has 3 aromatic rings. The Morgan fingerprint density at radius 2 is 1.83 bits per heavy atom.